The number of thiazole rings is 1. The number of rotatable bonds is 5. The van der Waals surface area contributed by atoms with Crippen LogP contribution in [0.2, 0.25) is 5.02 Å². The van der Waals surface area contributed by atoms with Gasteiger partial charge in [0.2, 0.25) is 0 Å². The highest BCUT2D eigenvalue weighted by atomic mass is 35.5. The number of hydrogen-bond acceptors (Lipinski definition) is 5. The number of aromatic nitrogens is 1. The molecule has 0 fully saturated rings. The standard InChI is InChI=1S/C21H13ClF2N2O3S2/c1-21(23,24)11-4-7-15-14(8-11)25-19(31-15)17(27)26-18-16(20(28)29)13(9-30-18)10-2-5-12(22)6-3-10/h2-9H,1H3,(H,26,27)(H,28,29). The lowest BCUT2D eigenvalue weighted by atomic mass is 10.0. The van der Waals surface area contributed by atoms with E-state index in [1.165, 1.54) is 18.2 Å². The summed E-state index contributed by atoms with van der Waals surface area (Å²) in [6, 6.07) is 10.7. The first kappa shape index (κ1) is 21.4. The van der Waals surface area contributed by atoms with Gasteiger partial charge in [0.1, 0.15) is 10.6 Å². The minimum atomic E-state index is -3.02. The Labute approximate surface area is 187 Å². The van der Waals surface area contributed by atoms with Gasteiger partial charge in [-0.3, -0.25) is 4.79 Å². The van der Waals surface area contributed by atoms with Gasteiger partial charge in [-0.15, -0.1) is 22.7 Å². The van der Waals surface area contributed by atoms with E-state index in [2.05, 4.69) is 10.3 Å². The molecule has 2 N–H and O–H groups in total. The molecule has 31 heavy (non-hydrogen) atoms. The van der Waals surface area contributed by atoms with E-state index in [4.69, 9.17) is 11.6 Å². The second-order valence-corrected chi connectivity index (χ2v) is 9.06. The molecule has 0 spiro atoms. The van der Waals surface area contributed by atoms with Crippen molar-refractivity contribution >= 4 is 61.4 Å². The highest BCUT2D eigenvalue weighted by Gasteiger charge is 2.26. The largest absolute Gasteiger partial charge is 0.478 e. The van der Waals surface area contributed by atoms with Crippen LogP contribution in [0.5, 0.6) is 0 Å². The molecule has 0 bridgehead atoms. The first-order chi connectivity index (χ1) is 14.6. The van der Waals surface area contributed by atoms with Gasteiger partial charge in [0.25, 0.3) is 11.8 Å². The van der Waals surface area contributed by atoms with Crippen molar-refractivity contribution in [2.75, 3.05) is 5.32 Å². The van der Waals surface area contributed by atoms with Crippen molar-refractivity contribution in [2.24, 2.45) is 0 Å². The van der Waals surface area contributed by atoms with E-state index in [0.717, 1.165) is 29.6 Å². The fourth-order valence-electron chi connectivity index (χ4n) is 2.96. The van der Waals surface area contributed by atoms with E-state index in [9.17, 15) is 23.5 Å². The van der Waals surface area contributed by atoms with Gasteiger partial charge in [0.05, 0.1) is 10.2 Å². The van der Waals surface area contributed by atoms with Crippen molar-refractivity contribution in [3.63, 3.8) is 0 Å². The lowest BCUT2D eigenvalue weighted by Crippen LogP contribution is -2.13. The Morgan fingerprint density at radius 1 is 1.16 bits per heavy atom. The van der Waals surface area contributed by atoms with Crippen molar-refractivity contribution in [1.29, 1.82) is 0 Å². The molecule has 2 aromatic heterocycles. The summed E-state index contributed by atoms with van der Waals surface area (Å²) in [7, 11) is 0. The van der Waals surface area contributed by atoms with Crippen LogP contribution in [0.1, 0.15) is 32.6 Å². The van der Waals surface area contributed by atoms with E-state index in [0.29, 0.717) is 20.8 Å². The van der Waals surface area contributed by atoms with Crippen LogP contribution in [0.25, 0.3) is 21.3 Å². The molecule has 0 aliphatic rings. The second-order valence-electron chi connectivity index (χ2n) is 6.71. The number of carbonyl (C=O) groups is 2. The summed E-state index contributed by atoms with van der Waals surface area (Å²) in [5, 5.41) is 14.6. The minimum Gasteiger partial charge on any atom is -0.478 e. The zero-order valence-corrected chi connectivity index (χ0v) is 18.2. The molecule has 4 aromatic rings. The van der Waals surface area contributed by atoms with Crippen LogP contribution in [0.4, 0.5) is 13.8 Å². The van der Waals surface area contributed by atoms with Crippen LogP contribution in [-0.4, -0.2) is 22.0 Å². The number of aromatic carboxylic acids is 1. The monoisotopic (exact) mass is 478 g/mol. The average Bonchev–Trinajstić information content (AvgIpc) is 3.31. The molecule has 0 aliphatic heterocycles. The van der Waals surface area contributed by atoms with Gasteiger partial charge >= 0.3 is 5.97 Å². The highest BCUT2D eigenvalue weighted by Crippen LogP contribution is 2.37. The number of carboxylic acid groups (broad SMARTS) is 1. The molecule has 1 amide bonds. The molecule has 158 valence electrons. The predicted molar refractivity (Wildman–Crippen MR) is 119 cm³/mol. The number of carbonyl (C=O) groups excluding carboxylic acids is 1. The van der Waals surface area contributed by atoms with Crippen molar-refractivity contribution < 1.29 is 23.5 Å². The molecule has 5 nitrogen and oxygen atoms in total. The third kappa shape index (κ3) is 4.30. The molecule has 2 heterocycles. The Bertz CT molecular complexity index is 1310. The lowest BCUT2D eigenvalue weighted by Gasteiger charge is -2.09. The number of hydrogen-bond donors (Lipinski definition) is 2. The van der Waals surface area contributed by atoms with Crippen LogP contribution in [0.15, 0.2) is 47.8 Å². The minimum absolute atomic E-state index is 0.0457. The third-order valence-electron chi connectivity index (χ3n) is 4.48. The average molecular weight is 479 g/mol. The van der Waals surface area contributed by atoms with E-state index in [1.54, 1.807) is 29.6 Å². The number of nitrogens with zero attached hydrogens (tertiary/aromatic N) is 1. The molecule has 0 saturated carbocycles. The first-order valence-electron chi connectivity index (χ1n) is 8.84. The zero-order chi connectivity index (χ0) is 22.3. The maximum atomic E-state index is 13.6. The van der Waals surface area contributed by atoms with Gasteiger partial charge in [-0.1, -0.05) is 29.8 Å². The van der Waals surface area contributed by atoms with Crippen LogP contribution in [0.3, 0.4) is 0 Å². The normalized spacial score (nSPS) is 11.6. The Morgan fingerprint density at radius 3 is 2.52 bits per heavy atom. The molecule has 0 aliphatic carbocycles. The number of thiophene rings is 1. The second kappa shape index (κ2) is 7.99. The molecule has 0 unspecified atom stereocenters. The SMILES string of the molecule is CC(F)(F)c1ccc2sc(C(=O)Nc3scc(-c4ccc(Cl)cc4)c3C(=O)O)nc2c1. The first-order valence-corrected chi connectivity index (χ1v) is 10.9. The number of amides is 1. The number of halogens is 3. The molecule has 10 heteroatoms. The molecule has 0 radical (unpaired) electrons. The van der Waals surface area contributed by atoms with Gasteiger partial charge < -0.3 is 10.4 Å². The molecular formula is C21H13ClF2N2O3S2. The summed E-state index contributed by atoms with van der Waals surface area (Å²) in [6.45, 7) is 0.788. The summed E-state index contributed by atoms with van der Waals surface area (Å²) in [5.74, 6) is -4.83. The van der Waals surface area contributed by atoms with Gasteiger partial charge in [0.15, 0.2) is 5.01 Å². The van der Waals surface area contributed by atoms with Gasteiger partial charge in [-0.25, -0.2) is 18.6 Å². The molecule has 2 aromatic carbocycles. The molecular weight excluding hydrogens is 466 g/mol. The Morgan fingerprint density at radius 2 is 1.87 bits per heavy atom. The maximum absolute atomic E-state index is 13.6. The van der Waals surface area contributed by atoms with E-state index in [-0.39, 0.29) is 26.7 Å². The van der Waals surface area contributed by atoms with E-state index >= 15 is 0 Å². The molecule has 4 rings (SSSR count). The lowest BCUT2D eigenvalue weighted by molar-refractivity contribution is 0.0176. The molecule has 0 atom stereocenters. The summed E-state index contributed by atoms with van der Waals surface area (Å²) >= 11 is 8.00. The predicted octanol–water partition coefficient (Wildman–Crippen LogP) is 6.74. The van der Waals surface area contributed by atoms with Gasteiger partial charge in [0, 0.05) is 28.5 Å². The number of benzene rings is 2. The summed E-state index contributed by atoms with van der Waals surface area (Å²) in [6.07, 6.45) is 0. The number of carboxylic acids is 1. The topological polar surface area (TPSA) is 79.3 Å². The number of fused-ring (bicyclic) bond motifs is 1. The zero-order valence-electron chi connectivity index (χ0n) is 15.8. The van der Waals surface area contributed by atoms with Crippen molar-refractivity contribution in [1.82, 2.24) is 4.98 Å². The fraction of sp³-hybridized carbons (Fsp3) is 0.0952. The van der Waals surface area contributed by atoms with Crippen molar-refractivity contribution in [3.05, 3.63) is 69.0 Å². The van der Waals surface area contributed by atoms with Crippen LogP contribution < -0.4 is 5.32 Å². The summed E-state index contributed by atoms with van der Waals surface area (Å²) < 4.78 is 27.7. The Hall–Kier alpha value is -2.88. The van der Waals surface area contributed by atoms with Crippen LogP contribution in [0, 0.1) is 0 Å². The summed E-state index contributed by atoms with van der Waals surface area (Å²) in [4.78, 5) is 28.7. The maximum Gasteiger partial charge on any atom is 0.339 e. The molecule has 0 saturated heterocycles. The van der Waals surface area contributed by atoms with E-state index < -0.39 is 17.8 Å². The number of nitrogens with one attached hydrogen (secondary N) is 1. The highest BCUT2D eigenvalue weighted by molar-refractivity contribution is 7.20. The van der Waals surface area contributed by atoms with Crippen molar-refractivity contribution in [3.8, 4) is 11.1 Å². The smallest absolute Gasteiger partial charge is 0.339 e. The third-order valence-corrected chi connectivity index (χ3v) is 6.66. The van der Waals surface area contributed by atoms with Gasteiger partial charge in [-0.05, 0) is 29.8 Å². The Kier molecular flexibility index (Phi) is 5.50. The van der Waals surface area contributed by atoms with Crippen LogP contribution in [-0.2, 0) is 5.92 Å². The number of alkyl halides is 2. The summed E-state index contributed by atoms with van der Waals surface area (Å²) in [5.41, 5.74) is 1.13. The van der Waals surface area contributed by atoms with Gasteiger partial charge in [-0.2, -0.15) is 0 Å². The van der Waals surface area contributed by atoms with Crippen LogP contribution >= 0.6 is 34.3 Å². The fourth-order valence-corrected chi connectivity index (χ4v) is 4.88. The Balaban J connectivity index is 1.65. The number of anilines is 1. The van der Waals surface area contributed by atoms with Crippen molar-refractivity contribution in [2.45, 2.75) is 12.8 Å². The quantitative estimate of drug-likeness (QED) is 0.333. The van der Waals surface area contributed by atoms with E-state index in [1.807, 2.05) is 0 Å².